The molecular weight excluding hydrogens is 400 g/mol. The highest BCUT2D eigenvalue weighted by atomic mass is 16.5. The molecule has 0 aromatic heterocycles. The second kappa shape index (κ2) is 7.13. The number of hydrogen-bond acceptors (Lipinski definition) is 3. The number of aryl methyl sites for hydroxylation is 1. The fourth-order valence-corrected chi connectivity index (χ4v) is 5.84. The van der Waals surface area contributed by atoms with Crippen molar-refractivity contribution in [2.24, 2.45) is 5.92 Å². The van der Waals surface area contributed by atoms with Crippen molar-refractivity contribution in [1.82, 2.24) is 0 Å². The maximum Gasteiger partial charge on any atom is 0.307 e. The highest BCUT2D eigenvalue weighted by Crippen LogP contribution is 2.62. The van der Waals surface area contributed by atoms with Crippen molar-refractivity contribution in [3.05, 3.63) is 82.9 Å². The summed E-state index contributed by atoms with van der Waals surface area (Å²) in [5.74, 6) is 0.832. The highest BCUT2D eigenvalue weighted by Gasteiger charge is 2.61. The van der Waals surface area contributed by atoms with Crippen LogP contribution in [0.3, 0.4) is 0 Å². The molecule has 1 N–H and O–H groups in total. The fourth-order valence-electron chi connectivity index (χ4n) is 5.84. The molecule has 0 radical (unpaired) electrons. The predicted octanol–water partition coefficient (Wildman–Crippen LogP) is 5.20. The van der Waals surface area contributed by atoms with Gasteiger partial charge in [0.1, 0.15) is 17.6 Å². The summed E-state index contributed by atoms with van der Waals surface area (Å²) in [7, 11) is 1.69. The zero-order valence-corrected chi connectivity index (χ0v) is 18.1. The van der Waals surface area contributed by atoms with Gasteiger partial charge in [0.05, 0.1) is 13.0 Å². The van der Waals surface area contributed by atoms with Gasteiger partial charge in [0.2, 0.25) is 0 Å². The van der Waals surface area contributed by atoms with Gasteiger partial charge < -0.3 is 14.6 Å². The molecule has 1 spiro atoms. The Morgan fingerprint density at radius 3 is 2.56 bits per heavy atom. The van der Waals surface area contributed by atoms with Crippen molar-refractivity contribution in [3.8, 4) is 22.6 Å². The first-order valence-corrected chi connectivity index (χ1v) is 11.3. The summed E-state index contributed by atoms with van der Waals surface area (Å²) in [4.78, 5) is 11.5. The lowest BCUT2D eigenvalue weighted by molar-refractivity contribution is -0.139. The van der Waals surface area contributed by atoms with Crippen LogP contribution in [0.1, 0.15) is 35.1 Å². The first-order valence-electron chi connectivity index (χ1n) is 11.3. The number of carbonyl (C=O) groups is 1. The van der Waals surface area contributed by atoms with Crippen molar-refractivity contribution in [2.45, 2.75) is 43.6 Å². The molecule has 1 unspecified atom stereocenters. The Kier molecular flexibility index (Phi) is 4.32. The molecule has 0 bridgehead atoms. The molecule has 0 aliphatic heterocycles. The molecule has 0 saturated heterocycles. The number of hydrogen-bond donors (Lipinski definition) is 1. The topological polar surface area (TPSA) is 55.8 Å². The smallest absolute Gasteiger partial charge is 0.307 e. The number of benzene rings is 3. The summed E-state index contributed by atoms with van der Waals surface area (Å²) < 4.78 is 11.8. The Morgan fingerprint density at radius 2 is 1.75 bits per heavy atom. The molecule has 4 nitrogen and oxygen atoms in total. The highest BCUT2D eigenvalue weighted by molar-refractivity contribution is 5.78. The minimum atomic E-state index is -0.665. The van der Waals surface area contributed by atoms with Gasteiger partial charge in [-0.1, -0.05) is 36.4 Å². The summed E-state index contributed by atoms with van der Waals surface area (Å²) >= 11 is 0. The van der Waals surface area contributed by atoms with Gasteiger partial charge in [0.25, 0.3) is 0 Å². The predicted molar refractivity (Wildman–Crippen MR) is 122 cm³/mol. The van der Waals surface area contributed by atoms with Crippen molar-refractivity contribution >= 4 is 5.97 Å². The largest absolute Gasteiger partial charge is 0.497 e. The molecule has 3 aliphatic carbocycles. The van der Waals surface area contributed by atoms with Crippen LogP contribution in [-0.4, -0.2) is 24.3 Å². The summed E-state index contributed by atoms with van der Waals surface area (Å²) in [6.45, 7) is 0. The third kappa shape index (κ3) is 3.09. The first kappa shape index (κ1) is 19.4. The molecule has 162 valence electrons. The summed E-state index contributed by atoms with van der Waals surface area (Å²) in [5.41, 5.74) is 7.37. The molecule has 4 heteroatoms. The molecule has 32 heavy (non-hydrogen) atoms. The third-order valence-corrected chi connectivity index (χ3v) is 7.64. The van der Waals surface area contributed by atoms with E-state index >= 15 is 0 Å². The van der Waals surface area contributed by atoms with Crippen LogP contribution in [-0.2, 0) is 29.5 Å². The molecule has 0 amide bonds. The zero-order chi connectivity index (χ0) is 21.9. The Bertz CT molecular complexity index is 1230. The summed E-state index contributed by atoms with van der Waals surface area (Å²) in [6, 6.07) is 21.1. The van der Waals surface area contributed by atoms with Crippen LogP contribution >= 0.6 is 0 Å². The summed E-state index contributed by atoms with van der Waals surface area (Å²) in [5, 5.41) is 9.50. The molecule has 3 aromatic rings. The lowest BCUT2D eigenvalue weighted by Gasteiger charge is -2.16. The van der Waals surface area contributed by atoms with Crippen LogP contribution in [0, 0.1) is 5.92 Å². The van der Waals surface area contributed by atoms with Crippen LogP contribution in [0.4, 0.5) is 0 Å². The van der Waals surface area contributed by atoms with Gasteiger partial charge in [-0.3, -0.25) is 4.79 Å². The summed E-state index contributed by atoms with van der Waals surface area (Å²) in [6.07, 6.45) is 4.57. The average molecular weight is 427 g/mol. The fraction of sp³-hybridized carbons (Fsp3) is 0.321. The molecule has 6 rings (SSSR count). The Hall–Kier alpha value is -3.27. The maximum absolute atomic E-state index is 11.5. The quantitative estimate of drug-likeness (QED) is 0.610. The van der Waals surface area contributed by atoms with Crippen molar-refractivity contribution < 1.29 is 19.4 Å². The van der Waals surface area contributed by atoms with Gasteiger partial charge in [0, 0.05) is 18.3 Å². The average Bonchev–Trinajstić information content (AvgIpc) is 3.25. The van der Waals surface area contributed by atoms with Gasteiger partial charge >= 0.3 is 5.97 Å². The van der Waals surface area contributed by atoms with Gasteiger partial charge in [-0.05, 0) is 76.9 Å². The van der Waals surface area contributed by atoms with E-state index in [4.69, 9.17) is 9.47 Å². The number of fused-ring (bicyclic) bond motifs is 3. The molecular formula is C28H26O4. The van der Waals surface area contributed by atoms with Crippen LogP contribution in [0.25, 0.3) is 11.1 Å². The van der Waals surface area contributed by atoms with Crippen LogP contribution in [0.15, 0.2) is 60.7 Å². The monoisotopic (exact) mass is 426 g/mol. The van der Waals surface area contributed by atoms with E-state index < -0.39 is 5.97 Å². The number of aliphatic carboxylic acids is 1. The SMILES string of the molecule is COc1cccc(-c2ccc3c(c2)CC(Oc2ccc4c(c2)[C@]2(CC4)C[C@H]2C(=O)O)C3)c1. The molecule has 3 aliphatic rings. The molecule has 1 fully saturated rings. The van der Waals surface area contributed by atoms with Crippen molar-refractivity contribution in [3.63, 3.8) is 0 Å². The lowest BCUT2D eigenvalue weighted by Crippen LogP contribution is -2.17. The standard InChI is InChI=1S/C28H26O4/c1-31-22-4-2-3-18(12-22)19-5-6-20-13-24(14-21(20)11-19)32-23-8-7-17-9-10-28(25(17)15-23)16-26(28)27(29)30/h2-8,11-12,15,24,26H,9-10,13-14,16H2,1H3,(H,29,30)/t24?,26-,28-/m0/s1. The van der Waals surface area contributed by atoms with E-state index in [1.807, 2.05) is 12.1 Å². The van der Waals surface area contributed by atoms with Crippen molar-refractivity contribution in [1.29, 1.82) is 0 Å². The third-order valence-electron chi connectivity index (χ3n) is 7.64. The normalized spacial score (nSPS) is 24.8. The number of carboxylic acids is 1. The van der Waals surface area contributed by atoms with E-state index in [0.717, 1.165) is 49.2 Å². The second-order valence-electron chi connectivity index (χ2n) is 9.43. The number of rotatable bonds is 5. The lowest BCUT2D eigenvalue weighted by atomic mass is 9.95. The Labute approximate surface area is 187 Å². The minimum Gasteiger partial charge on any atom is -0.497 e. The van der Waals surface area contributed by atoms with E-state index in [9.17, 15) is 9.90 Å². The molecule has 3 atom stereocenters. The van der Waals surface area contributed by atoms with Gasteiger partial charge in [0.15, 0.2) is 0 Å². The molecule has 1 saturated carbocycles. The van der Waals surface area contributed by atoms with Crippen LogP contribution in [0.2, 0.25) is 0 Å². The van der Waals surface area contributed by atoms with E-state index in [2.05, 4.69) is 48.5 Å². The Balaban J connectivity index is 1.20. The molecule has 0 heterocycles. The zero-order valence-electron chi connectivity index (χ0n) is 18.1. The minimum absolute atomic E-state index is 0.107. The number of methoxy groups -OCH3 is 1. The van der Waals surface area contributed by atoms with E-state index in [1.165, 1.54) is 27.8 Å². The number of ether oxygens (including phenoxy) is 2. The maximum atomic E-state index is 11.5. The van der Waals surface area contributed by atoms with Gasteiger partial charge in [-0.2, -0.15) is 0 Å². The van der Waals surface area contributed by atoms with E-state index in [0.29, 0.717) is 0 Å². The Morgan fingerprint density at radius 1 is 0.938 bits per heavy atom. The second-order valence-corrected chi connectivity index (χ2v) is 9.43. The first-order chi connectivity index (χ1) is 15.6. The van der Waals surface area contributed by atoms with Crippen molar-refractivity contribution in [2.75, 3.05) is 7.11 Å². The van der Waals surface area contributed by atoms with Gasteiger partial charge in [-0.15, -0.1) is 0 Å². The molecule has 3 aromatic carbocycles. The van der Waals surface area contributed by atoms with Crippen LogP contribution < -0.4 is 9.47 Å². The van der Waals surface area contributed by atoms with E-state index in [-0.39, 0.29) is 17.4 Å². The van der Waals surface area contributed by atoms with E-state index in [1.54, 1.807) is 7.11 Å². The van der Waals surface area contributed by atoms with Gasteiger partial charge in [-0.25, -0.2) is 0 Å². The van der Waals surface area contributed by atoms with Crippen LogP contribution in [0.5, 0.6) is 11.5 Å². The number of carboxylic acid groups (broad SMARTS) is 1.